The number of hydrogen-bond donors (Lipinski definition) is 1. The second-order valence-corrected chi connectivity index (χ2v) is 9.53. The molecule has 1 N–H and O–H groups in total. The van der Waals surface area contributed by atoms with Crippen LogP contribution < -0.4 is 9.46 Å². The van der Waals surface area contributed by atoms with E-state index in [1.165, 1.54) is 5.56 Å². The van der Waals surface area contributed by atoms with Gasteiger partial charge in [-0.3, -0.25) is 4.90 Å². The monoisotopic (exact) mass is 432 g/mol. The lowest BCUT2D eigenvalue weighted by molar-refractivity contribution is -0.0303. The van der Waals surface area contributed by atoms with E-state index < -0.39 is 10.0 Å². The van der Waals surface area contributed by atoms with Gasteiger partial charge in [0.05, 0.1) is 24.7 Å². The quantitative estimate of drug-likeness (QED) is 0.615. The zero-order valence-electron chi connectivity index (χ0n) is 18.1. The van der Waals surface area contributed by atoms with Crippen molar-refractivity contribution in [2.75, 3.05) is 39.9 Å². The maximum Gasteiger partial charge on any atom is 0.240 e. The summed E-state index contributed by atoms with van der Waals surface area (Å²) in [7, 11) is -1.92. The molecule has 3 rings (SSSR count). The average Bonchev–Trinajstić information content (AvgIpc) is 2.74. The summed E-state index contributed by atoms with van der Waals surface area (Å²) in [6, 6.07) is 13.6. The molecule has 1 atom stereocenters. The van der Waals surface area contributed by atoms with Crippen molar-refractivity contribution in [3.63, 3.8) is 0 Å². The molecule has 1 unspecified atom stereocenters. The first kappa shape index (κ1) is 22.7. The van der Waals surface area contributed by atoms with E-state index in [0.717, 1.165) is 56.0 Å². The van der Waals surface area contributed by atoms with Gasteiger partial charge in [0.25, 0.3) is 0 Å². The summed E-state index contributed by atoms with van der Waals surface area (Å²) in [5.74, 6) is 0.730. The molecule has 0 spiro atoms. The summed E-state index contributed by atoms with van der Waals surface area (Å²) in [6.07, 6.45) is 1.84. The zero-order valence-corrected chi connectivity index (χ0v) is 18.9. The summed E-state index contributed by atoms with van der Waals surface area (Å²) < 4.78 is 39.2. The molecule has 0 saturated carbocycles. The van der Waals surface area contributed by atoms with E-state index in [1.54, 1.807) is 19.2 Å². The molecule has 0 aliphatic carbocycles. The molecule has 1 saturated heterocycles. The predicted octanol–water partition coefficient (Wildman–Crippen LogP) is 3.44. The van der Waals surface area contributed by atoms with Crippen LogP contribution in [-0.4, -0.2) is 53.2 Å². The Balaban J connectivity index is 1.44. The van der Waals surface area contributed by atoms with E-state index in [4.69, 9.17) is 9.47 Å². The van der Waals surface area contributed by atoms with Crippen molar-refractivity contribution in [3.05, 3.63) is 59.2 Å². The maximum absolute atomic E-state index is 12.6. The van der Waals surface area contributed by atoms with E-state index in [1.807, 2.05) is 32.0 Å². The second-order valence-electron chi connectivity index (χ2n) is 7.77. The van der Waals surface area contributed by atoms with Crippen LogP contribution in [0.4, 0.5) is 0 Å². The summed E-state index contributed by atoms with van der Waals surface area (Å²) in [5.41, 5.74) is 2.84. The summed E-state index contributed by atoms with van der Waals surface area (Å²) in [6.45, 7) is 7.60. The van der Waals surface area contributed by atoms with Gasteiger partial charge in [0.2, 0.25) is 10.0 Å². The highest BCUT2D eigenvalue weighted by atomic mass is 32.2. The third kappa shape index (κ3) is 5.82. The third-order valence-electron chi connectivity index (χ3n) is 5.46. The normalized spacial score (nSPS) is 17.8. The van der Waals surface area contributed by atoms with Gasteiger partial charge in [-0.25, -0.2) is 13.1 Å². The molecule has 7 heteroatoms. The van der Waals surface area contributed by atoms with Crippen LogP contribution in [0.25, 0.3) is 0 Å². The minimum absolute atomic E-state index is 0.111. The molecule has 0 aromatic heterocycles. The first-order chi connectivity index (χ1) is 14.4. The largest absolute Gasteiger partial charge is 0.496 e. The number of sulfonamides is 1. The Hall–Kier alpha value is -1.93. The first-order valence-corrected chi connectivity index (χ1v) is 11.9. The highest BCUT2D eigenvalue weighted by Crippen LogP contribution is 2.26. The molecule has 1 aliphatic rings. The van der Waals surface area contributed by atoms with Gasteiger partial charge >= 0.3 is 0 Å². The van der Waals surface area contributed by atoms with Crippen LogP contribution in [0, 0.1) is 13.8 Å². The molecule has 164 valence electrons. The van der Waals surface area contributed by atoms with Gasteiger partial charge in [0.1, 0.15) is 5.75 Å². The number of hydrogen-bond acceptors (Lipinski definition) is 5. The number of rotatable bonds is 9. The Bertz CT molecular complexity index is 908. The van der Waals surface area contributed by atoms with Crippen LogP contribution in [0.2, 0.25) is 0 Å². The lowest BCUT2D eigenvalue weighted by Gasteiger charge is -2.33. The minimum Gasteiger partial charge on any atom is -0.496 e. The number of benzene rings is 2. The lowest BCUT2D eigenvalue weighted by Crippen LogP contribution is -2.39. The molecule has 0 bridgehead atoms. The van der Waals surface area contributed by atoms with E-state index >= 15 is 0 Å². The molecular weight excluding hydrogens is 400 g/mol. The van der Waals surface area contributed by atoms with Crippen molar-refractivity contribution in [2.24, 2.45) is 0 Å². The highest BCUT2D eigenvalue weighted by Gasteiger charge is 2.21. The average molecular weight is 433 g/mol. The topological polar surface area (TPSA) is 67.9 Å². The van der Waals surface area contributed by atoms with Crippen molar-refractivity contribution in [1.82, 2.24) is 9.62 Å². The number of unbranched alkanes of at least 4 members (excludes halogenated alkanes) is 1. The Morgan fingerprint density at radius 3 is 2.50 bits per heavy atom. The Kier molecular flexibility index (Phi) is 7.88. The van der Waals surface area contributed by atoms with Crippen molar-refractivity contribution in [3.8, 4) is 5.75 Å². The molecule has 2 aromatic carbocycles. The van der Waals surface area contributed by atoms with E-state index in [0.29, 0.717) is 6.54 Å². The number of methoxy groups -OCH3 is 1. The van der Waals surface area contributed by atoms with Crippen molar-refractivity contribution >= 4 is 10.0 Å². The van der Waals surface area contributed by atoms with Crippen molar-refractivity contribution in [2.45, 2.75) is 37.7 Å². The smallest absolute Gasteiger partial charge is 0.240 e. The van der Waals surface area contributed by atoms with Crippen LogP contribution in [0.3, 0.4) is 0 Å². The van der Waals surface area contributed by atoms with Gasteiger partial charge in [-0.15, -0.1) is 0 Å². The van der Waals surface area contributed by atoms with Gasteiger partial charge in [0.15, 0.2) is 0 Å². The van der Waals surface area contributed by atoms with Crippen LogP contribution in [-0.2, 0) is 14.8 Å². The Labute approximate surface area is 180 Å². The molecule has 0 radical (unpaired) electrons. The second kappa shape index (κ2) is 10.4. The van der Waals surface area contributed by atoms with Crippen LogP contribution in [0.5, 0.6) is 5.75 Å². The van der Waals surface area contributed by atoms with E-state index in [2.05, 4.69) is 21.8 Å². The lowest BCUT2D eigenvalue weighted by atomic mass is 10.1. The fourth-order valence-corrected chi connectivity index (χ4v) is 5.16. The number of ether oxygens (including phenoxy) is 2. The van der Waals surface area contributed by atoms with Gasteiger partial charge in [-0.2, -0.15) is 0 Å². The van der Waals surface area contributed by atoms with Gasteiger partial charge in [-0.1, -0.05) is 30.3 Å². The summed E-state index contributed by atoms with van der Waals surface area (Å²) >= 11 is 0. The molecule has 1 aliphatic heterocycles. The Morgan fingerprint density at radius 2 is 1.83 bits per heavy atom. The first-order valence-electron chi connectivity index (χ1n) is 10.4. The fraction of sp³-hybridized carbons (Fsp3) is 0.478. The molecule has 6 nitrogen and oxygen atoms in total. The molecule has 0 amide bonds. The SMILES string of the molecule is COc1c(C)cc(S(=O)(=O)NCCCCN2CCOC(c3ccccc3)C2)cc1C. The summed E-state index contributed by atoms with van der Waals surface area (Å²) in [5, 5.41) is 0. The van der Waals surface area contributed by atoms with Crippen LogP contribution >= 0.6 is 0 Å². The molecule has 2 aromatic rings. The van der Waals surface area contributed by atoms with Crippen molar-refractivity contribution < 1.29 is 17.9 Å². The number of nitrogens with one attached hydrogen (secondary N) is 1. The van der Waals surface area contributed by atoms with Gasteiger partial charge in [-0.05, 0) is 62.1 Å². The number of morpholine rings is 1. The van der Waals surface area contributed by atoms with Crippen molar-refractivity contribution in [1.29, 1.82) is 0 Å². The molecule has 1 fully saturated rings. The minimum atomic E-state index is -3.52. The molecular formula is C23H32N2O4S. The molecule has 30 heavy (non-hydrogen) atoms. The zero-order chi connectivity index (χ0) is 21.6. The fourth-order valence-electron chi connectivity index (χ4n) is 3.91. The molecule has 1 heterocycles. The van der Waals surface area contributed by atoms with Gasteiger partial charge < -0.3 is 9.47 Å². The van der Waals surface area contributed by atoms with E-state index in [-0.39, 0.29) is 11.0 Å². The van der Waals surface area contributed by atoms with Crippen LogP contribution in [0.15, 0.2) is 47.4 Å². The maximum atomic E-state index is 12.6. The van der Waals surface area contributed by atoms with Crippen LogP contribution in [0.1, 0.15) is 35.6 Å². The van der Waals surface area contributed by atoms with Gasteiger partial charge in [0, 0.05) is 19.6 Å². The number of aryl methyl sites for hydroxylation is 2. The summed E-state index contributed by atoms with van der Waals surface area (Å²) in [4.78, 5) is 2.68. The predicted molar refractivity (Wildman–Crippen MR) is 118 cm³/mol. The van der Waals surface area contributed by atoms with E-state index in [9.17, 15) is 8.42 Å². The standard InChI is InChI=1S/C23H32N2O4S/c1-18-15-21(16-19(2)23(18)28-3)30(26,27)24-11-7-8-12-25-13-14-29-22(17-25)20-9-5-4-6-10-20/h4-6,9-10,15-16,22,24H,7-8,11-14,17H2,1-3H3. The highest BCUT2D eigenvalue weighted by molar-refractivity contribution is 7.89. The number of nitrogens with zero attached hydrogens (tertiary/aromatic N) is 1. The third-order valence-corrected chi connectivity index (χ3v) is 6.90. The Morgan fingerprint density at radius 1 is 1.13 bits per heavy atom.